The third-order valence-corrected chi connectivity index (χ3v) is 7.39. The van der Waals surface area contributed by atoms with E-state index in [4.69, 9.17) is 9.47 Å². The molecule has 0 atom stereocenters. The summed E-state index contributed by atoms with van der Waals surface area (Å²) in [5.74, 6) is -0.695. The first kappa shape index (κ1) is 22.4. The van der Waals surface area contributed by atoms with Gasteiger partial charge in [0.25, 0.3) is 0 Å². The number of para-hydroxylation sites is 1. The molecule has 0 amide bonds. The SMILES string of the molecule is CCOC(=O)c1nc(C(=O)c2cn(COCC[Si](C)(C)C)c3ccccc23)sc1C. The molecule has 3 rings (SSSR count). The number of carbonyl (C=O) groups is 2. The van der Waals surface area contributed by atoms with Gasteiger partial charge in [0.05, 0.1) is 17.7 Å². The van der Waals surface area contributed by atoms with Crippen molar-refractivity contribution in [1.82, 2.24) is 9.55 Å². The lowest BCUT2D eigenvalue weighted by Gasteiger charge is -2.15. The largest absolute Gasteiger partial charge is 0.461 e. The van der Waals surface area contributed by atoms with Crippen LogP contribution in [0.1, 0.15) is 37.7 Å². The molecule has 0 saturated carbocycles. The van der Waals surface area contributed by atoms with Crippen molar-refractivity contribution in [2.24, 2.45) is 0 Å². The Labute approximate surface area is 181 Å². The molecule has 0 saturated heterocycles. The first-order valence-electron chi connectivity index (χ1n) is 10.1. The molecular formula is C22H28N2O4SSi. The zero-order valence-electron chi connectivity index (χ0n) is 18.2. The van der Waals surface area contributed by atoms with E-state index in [0.717, 1.165) is 16.9 Å². The summed E-state index contributed by atoms with van der Waals surface area (Å²) in [5.41, 5.74) is 1.71. The summed E-state index contributed by atoms with van der Waals surface area (Å²) in [4.78, 5) is 30.3. The average molecular weight is 445 g/mol. The van der Waals surface area contributed by atoms with Crippen molar-refractivity contribution in [2.45, 2.75) is 46.3 Å². The number of hydrogen-bond donors (Lipinski definition) is 0. The molecule has 6 nitrogen and oxygen atoms in total. The highest BCUT2D eigenvalue weighted by Gasteiger charge is 2.24. The Balaban J connectivity index is 1.86. The second-order valence-electron chi connectivity index (χ2n) is 8.35. The summed E-state index contributed by atoms with van der Waals surface area (Å²) in [6, 6.07) is 8.85. The highest BCUT2D eigenvalue weighted by molar-refractivity contribution is 7.14. The number of carbonyl (C=O) groups excluding carboxylic acids is 2. The molecule has 8 heteroatoms. The molecule has 0 spiro atoms. The van der Waals surface area contributed by atoms with Gasteiger partial charge in [-0.2, -0.15) is 0 Å². The van der Waals surface area contributed by atoms with Crippen molar-refractivity contribution < 1.29 is 19.1 Å². The fourth-order valence-corrected chi connectivity index (χ4v) is 4.69. The molecule has 2 heterocycles. The van der Waals surface area contributed by atoms with Crippen molar-refractivity contribution in [3.8, 4) is 0 Å². The van der Waals surface area contributed by atoms with E-state index in [-0.39, 0.29) is 23.1 Å². The van der Waals surface area contributed by atoms with Gasteiger partial charge in [-0.15, -0.1) is 11.3 Å². The molecule has 0 radical (unpaired) electrons. The van der Waals surface area contributed by atoms with Crippen LogP contribution in [-0.2, 0) is 16.2 Å². The number of nitrogens with zero attached hydrogens (tertiary/aromatic N) is 2. The minimum absolute atomic E-state index is 0.198. The average Bonchev–Trinajstić information content (AvgIpc) is 3.25. The van der Waals surface area contributed by atoms with Crippen LogP contribution in [0.25, 0.3) is 10.9 Å². The number of aryl methyl sites for hydroxylation is 1. The zero-order chi connectivity index (χ0) is 21.9. The summed E-state index contributed by atoms with van der Waals surface area (Å²) >= 11 is 1.22. The van der Waals surface area contributed by atoms with Crippen LogP contribution < -0.4 is 0 Å². The van der Waals surface area contributed by atoms with Gasteiger partial charge in [-0.1, -0.05) is 37.8 Å². The van der Waals surface area contributed by atoms with Gasteiger partial charge in [0.2, 0.25) is 5.78 Å². The third kappa shape index (κ3) is 5.06. The monoisotopic (exact) mass is 444 g/mol. The van der Waals surface area contributed by atoms with Gasteiger partial charge in [0, 0.05) is 31.1 Å². The number of rotatable bonds is 9. The smallest absolute Gasteiger partial charge is 0.358 e. The van der Waals surface area contributed by atoms with E-state index in [1.165, 1.54) is 11.3 Å². The molecule has 3 aromatic rings. The Morgan fingerprint density at radius 3 is 2.63 bits per heavy atom. The quantitative estimate of drug-likeness (QED) is 0.198. The normalized spacial score (nSPS) is 11.8. The highest BCUT2D eigenvalue weighted by Crippen LogP contribution is 2.27. The lowest BCUT2D eigenvalue weighted by molar-refractivity contribution is 0.0519. The summed E-state index contributed by atoms with van der Waals surface area (Å²) < 4.78 is 12.9. The maximum absolute atomic E-state index is 13.2. The van der Waals surface area contributed by atoms with Crippen molar-refractivity contribution >= 4 is 42.1 Å². The van der Waals surface area contributed by atoms with Crippen LogP contribution in [0, 0.1) is 6.92 Å². The molecule has 0 fully saturated rings. The van der Waals surface area contributed by atoms with E-state index in [1.807, 2.05) is 35.0 Å². The first-order chi connectivity index (χ1) is 14.2. The van der Waals surface area contributed by atoms with Crippen LogP contribution in [0.5, 0.6) is 0 Å². The molecule has 160 valence electrons. The Morgan fingerprint density at radius 2 is 1.93 bits per heavy atom. The molecule has 0 bridgehead atoms. The van der Waals surface area contributed by atoms with E-state index in [2.05, 4.69) is 24.6 Å². The van der Waals surface area contributed by atoms with Gasteiger partial charge in [-0.3, -0.25) is 4.79 Å². The van der Waals surface area contributed by atoms with E-state index >= 15 is 0 Å². The molecule has 0 aliphatic carbocycles. The molecule has 2 aromatic heterocycles. The molecule has 0 N–H and O–H groups in total. The zero-order valence-corrected chi connectivity index (χ0v) is 20.0. The Bertz CT molecular complexity index is 1060. The maximum atomic E-state index is 13.2. The van der Waals surface area contributed by atoms with Gasteiger partial charge >= 0.3 is 5.97 Å². The molecule has 0 aliphatic rings. The van der Waals surface area contributed by atoms with Gasteiger partial charge in [0.1, 0.15) is 6.73 Å². The Hall–Kier alpha value is -2.29. The number of ketones is 1. The van der Waals surface area contributed by atoms with Crippen LogP contribution in [0.15, 0.2) is 30.5 Å². The predicted molar refractivity (Wildman–Crippen MR) is 122 cm³/mol. The number of thiazole rings is 1. The number of benzene rings is 1. The lowest BCUT2D eigenvalue weighted by Crippen LogP contribution is -2.21. The van der Waals surface area contributed by atoms with Gasteiger partial charge in [-0.25, -0.2) is 9.78 Å². The molecule has 30 heavy (non-hydrogen) atoms. The number of aromatic nitrogens is 2. The first-order valence-corrected chi connectivity index (χ1v) is 14.6. The van der Waals surface area contributed by atoms with Gasteiger partial charge in [-0.05, 0) is 26.0 Å². The lowest BCUT2D eigenvalue weighted by atomic mass is 10.1. The Kier molecular flexibility index (Phi) is 6.90. The second kappa shape index (κ2) is 9.24. The van der Waals surface area contributed by atoms with Crippen molar-refractivity contribution in [2.75, 3.05) is 13.2 Å². The minimum atomic E-state index is -1.16. The van der Waals surface area contributed by atoms with Crippen LogP contribution in [0.3, 0.4) is 0 Å². The summed E-state index contributed by atoms with van der Waals surface area (Å²) in [6.45, 7) is 11.8. The Morgan fingerprint density at radius 1 is 1.20 bits per heavy atom. The van der Waals surface area contributed by atoms with Gasteiger partial charge in [0.15, 0.2) is 10.7 Å². The third-order valence-electron chi connectivity index (χ3n) is 4.72. The second-order valence-corrected chi connectivity index (χ2v) is 15.2. The fraction of sp³-hybridized carbons (Fsp3) is 0.409. The topological polar surface area (TPSA) is 70.4 Å². The maximum Gasteiger partial charge on any atom is 0.358 e. The summed E-state index contributed by atoms with van der Waals surface area (Å²) in [7, 11) is -1.16. The van der Waals surface area contributed by atoms with E-state index in [0.29, 0.717) is 23.8 Å². The minimum Gasteiger partial charge on any atom is -0.461 e. The van der Waals surface area contributed by atoms with E-state index in [9.17, 15) is 9.59 Å². The summed E-state index contributed by atoms with van der Waals surface area (Å²) in [5, 5.41) is 1.14. The van der Waals surface area contributed by atoms with E-state index in [1.54, 1.807) is 13.8 Å². The molecular weight excluding hydrogens is 416 g/mol. The van der Waals surface area contributed by atoms with Gasteiger partial charge < -0.3 is 14.0 Å². The van der Waals surface area contributed by atoms with Crippen molar-refractivity contribution in [1.29, 1.82) is 0 Å². The standard InChI is InChI=1S/C22H28N2O4SSi/c1-6-28-22(26)19-15(2)29-21(23-19)20(25)17-13-24(14-27-11-12-30(3,4)5)18-10-8-7-9-16(17)18/h7-10,13H,6,11-12,14H2,1-5H3. The molecule has 0 aliphatic heterocycles. The van der Waals surface area contributed by atoms with Crippen LogP contribution in [0.2, 0.25) is 25.7 Å². The van der Waals surface area contributed by atoms with E-state index < -0.39 is 14.0 Å². The van der Waals surface area contributed by atoms with Crippen LogP contribution >= 0.6 is 11.3 Å². The number of fused-ring (bicyclic) bond motifs is 1. The van der Waals surface area contributed by atoms with Crippen LogP contribution in [-0.4, -0.2) is 42.6 Å². The van der Waals surface area contributed by atoms with Crippen LogP contribution in [0.4, 0.5) is 0 Å². The molecule has 1 aromatic carbocycles. The fourth-order valence-electron chi connectivity index (χ4n) is 3.07. The predicted octanol–water partition coefficient (Wildman–Crippen LogP) is 5.13. The number of esters is 1. The number of hydrogen-bond acceptors (Lipinski definition) is 6. The number of ether oxygens (including phenoxy) is 2. The van der Waals surface area contributed by atoms with Crippen molar-refractivity contribution in [3.05, 3.63) is 51.6 Å². The van der Waals surface area contributed by atoms with Crippen molar-refractivity contribution in [3.63, 3.8) is 0 Å². The molecule has 0 unspecified atom stereocenters. The highest BCUT2D eigenvalue weighted by atomic mass is 32.1. The summed E-state index contributed by atoms with van der Waals surface area (Å²) in [6.07, 6.45) is 1.82.